The number of hydrogen-bond donors (Lipinski definition) is 2. The molecule has 0 amide bonds. The van der Waals surface area contributed by atoms with Gasteiger partial charge in [-0.3, -0.25) is 10.1 Å². The lowest BCUT2D eigenvalue weighted by atomic mass is 9.95. The molecule has 1 aromatic heterocycles. The monoisotopic (exact) mass is 338 g/mol. The van der Waals surface area contributed by atoms with Gasteiger partial charge < -0.3 is 5.11 Å². The lowest BCUT2D eigenvalue weighted by Gasteiger charge is -2.24. The molecule has 0 radical (unpaired) electrons. The molecule has 7 nitrogen and oxygen atoms in total. The number of aliphatic carboxylic acids is 1. The number of amidine groups is 1. The lowest BCUT2D eigenvalue weighted by molar-refractivity contribution is -0.147. The van der Waals surface area contributed by atoms with E-state index in [0.717, 1.165) is 18.1 Å². The molecule has 4 atom stereocenters. The molecule has 0 aromatic carbocycles. The molecule has 3 heterocycles. The van der Waals surface area contributed by atoms with Crippen molar-refractivity contribution in [1.29, 1.82) is 0 Å². The van der Waals surface area contributed by atoms with E-state index < -0.39 is 12.0 Å². The summed E-state index contributed by atoms with van der Waals surface area (Å²) in [7, 11) is 0. The zero-order valence-corrected chi connectivity index (χ0v) is 14.3. The zero-order chi connectivity index (χ0) is 16.6. The summed E-state index contributed by atoms with van der Waals surface area (Å²) in [4.78, 5) is 26.3. The van der Waals surface area contributed by atoms with E-state index in [1.807, 2.05) is 17.4 Å². The Morgan fingerprint density at radius 3 is 3.00 bits per heavy atom. The molecule has 0 bridgehead atoms. The smallest absolute Gasteiger partial charge is 0.320 e. The number of carbonyl (C=O) groups is 1. The van der Waals surface area contributed by atoms with Crippen LogP contribution in [0.2, 0.25) is 0 Å². The van der Waals surface area contributed by atoms with Crippen LogP contribution in [0.5, 0.6) is 0 Å². The molecule has 1 saturated heterocycles. The number of aliphatic imine (C=N–C) groups is 1. The van der Waals surface area contributed by atoms with Crippen LogP contribution in [0.1, 0.15) is 38.9 Å². The Kier molecular flexibility index (Phi) is 4.65. The number of hydroxylamine groups is 2. The van der Waals surface area contributed by atoms with Crippen molar-refractivity contribution in [3.05, 3.63) is 16.6 Å². The Morgan fingerprint density at radius 2 is 2.39 bits per heavy atom. The lowest BCUT2D eigenvalue weighted by Crippen LogP contribution is -2.33. The maximum absolute atomic E-state index is 11.4. The van der Waals surface area contributed by atoms with E-state index in [1.165, 1.54) is 11.3 Å². The van der Waals surface area contributed by atoms with Crippen LogP contribution in [0.4, 0.5) is 0 Å². The first kappa shape index (κ1) is 16.4. The van der Waals surface area contributed by atoms with Gasteiger partial charge in [0.15, 0.2) is 6.23 Å². The van der Waals surface area contributed by atoms with Gasteiger partial charge >= 0.3 is 5.97 Å². The van der Waals surface area contributed by atoms with Crippen LogP contribution in [-0.4, -0.2) is 45.8 Å². The summed E-state index contributed by atoms with van der Waals surface area (Å²) in [6.07, 6.45) is 0.117. The zero-order valence-electron chi connectivity index (χ0n) is 13.5. The predicted molar refractivity (Wildman–Crippen MR) is 87.0 cm³/mol. The molecule has 1 fully saturated rings. The summed E-state index contributed by atoms with van der Waals surface area (Å²) in [5, 5.41) is 16.3. The third-order valence-corrected chi connectivity index (χ3v) is 4.80. The van der Waals surface area contributed by atoms with E-state index >= 15 is 0 Å². The molecular formula is C15H22N4O3S. The second kappa shape index (κ2) is 6.54. The van der Waals surface area contributed by atoms with E-state index in [9.17, 15) is 9.90 Å². The first-order chi connectivity index (χ1) is 11.0. The highest BCUT2D eigenvalue weighted by Gasteiger charge is 2.45. The molecular weight excluding hydrogens is 316 g/mol. The minimum atomic E-state index is -0.842. The fourth-order valence-corrected chi connectivity index (χ4v) is 3.70. The van der Waals surface area contributed by atoms with Crippen molar-refractivity contribution >= 4 is 23.1 Å². The molecule has 0 saturated carbocycles. The minimum Gasteiger partial charge on any atom is -0.480 e. The number of carboxylic acids is 1. The summed E-state index contributed by atoms with van der Waals surface area (Å²) in [6, 6.07) is -0.743. The molecule has 126 valence electrons. The van der Waals surface area contributed by atoms with Crippen molar-refractivity contribution in [2.45, 2.75) is 45.5 Å². The number of thiazole rings is 1. The molecule has 3 rings (SSSR count). The van der Waals surface area contributed by atoms with Gasteiger partial charge in [-0.05, 0) is 19.3 Å². The highest BCUT2D eigenvalue weighted by Crippen LogP contribution is 2.38. The third-order valence-electron chi connectivity index (χ3n) is 4.19. The first-order valence-electron chi connectivity index (χ1n) is 7.81. The van der Waals surface area contributed by atoms with Crippen molar-refractivity contribution < 1.29 is 14.7 Å². The maximum Gasteiger partial charge on any atom is 0.320 e. The average Bonchev–Trinajstić information content (AvgIpc) is 3.17. The van der Waals surface area contributed by atoms with E-state index in [-0.39, 0.29) is 18.2 Å². The van der Waals surface area contributed by atoms with Gasteiger partial charge in [-0.25, -0.2) is 19.9 Å². The molecule has 23 heavy (non-hydrogen) atoms. The van der Waals surface area contributed by atoms with E-state index in [2.05, 4.69) is 29.1 Å². The van der Waals surface area contributed by atoms with Gasteiger partial charge in [0.1, 0.15) is 11.9 Å². The number of carboxylic acid groups (broad SMARTS) is 1. The molecule has 0 spiro atoms. The highest BCUT2D eigenvalue weighted by atomic mass is 32.1. The Labute approximate surface area is 139 Å². The van der Waals surface area contributed by atoms with Crippen LogP contribution in [0, 0.1) is 11.8 Å². The summed E-state index contributed by atoms with van der Waals surface area (Å²) in [6.45, 7) is 6.95. The van der Waals surface area contributed by atoms with Crippen LogP contribution in [0.3, 0.4) is 0 Å². The van der Waals surface area contributed by atoms with Gasteiger partial charge in [-0.1, -0.05) is 13.8 Å². The Morgan fingerprint density at radius 1 is 1.61 bits per heavy atom. The Hall–Kier alpha value is -1.51. The molecule has 0 aliphatic carbocycles. The van der Waals surface area contributed by atoms with Crippen LogP contribution < -0.4 is 5.32 Å². The Bertz CT molecular complexity index is 590. The number of rotatable bonds is 5. The summed E-state index contributed by atoms with van der Waals surface area (Å²) < 4.78 is 0. The largest absolute Gasteiger partial charge is 0.480 e. The number of nitrogens with one attached hydrogen (secondary N) is 1. The first-order valence-corrected chi connectivity index (χ1v) is 8.75. The molecule has 1 aromatic rings. The fourth-order valence-electron chi connectivity index (χ4n) is 3.11. The molecule has 2 unspecified atom stereocenters. The van der Waals surface area contributed by atoms with Gasteiger partial charge in [-0.15, -0.1) is 11.3 Å². The Balaban J connectivity index is 1.78. The molecule has 8 heteroatoms. The topological polar surface area (TPSA) is 87.0 Å². The summed E-state index contributed by atoms with van der Waals surface area (Å²) in [5.74, 6) is 0.414. The van der Waals surface area contributed by atoms with Crippen molar-refractivity contribution in [2.24, 2.45) is 16.8 Å². The maximum atomic E-state index is 11.4. The van der Waals surface area contributed by atoms with Crippen LogP contribution in [0.25, 0.3) is 0 Å². The summed E-state index contributed by atoms with van der Waals surface area (Å²) in [5.41, 5.74) is 2.62. The van der Waals surface area contributed by atoms with Crippen LogP contribution in [-0.2, 0) is 9.63 Å². The van der Waals surface area contributed by atoms with E-state index in [0.29, 0.717) is 12.3 Å². The SMILES string of the molecule is CC1=N[C@@H]([C@@H]2CC(C(=O)O)NC2c2cscn2)ON1CC(C)C. The van der Waals surface area contributed by atoms with Gasteiger partial charge in [-0.2, -0.15) is 0 Å². The summed E-state index contributed by atoms with van der Waals surface area (Å²) >= 11 is 1.50. The normalized spacial score (nSPS) is 31.0. The van der Waals surface area contributed by atoms with Crippen molar-refractivity contribution in [3.8, 4) is 0 Å². The average molecular weight is 338 g/mol. The van der Waals surface area contributed by atoms with Gasteiger partial charge in [0.2, 0.25) is 0 Å². The predicted octanol–water partition coefficient (Wildman–Crippen LogP) is 1.89. The van der Waals surface area contributed by atoms with Crippen LogP contribution >= 0.6 is 11.3 Å². The fraction of sp³-hybridized carbons (Fsp3) is 0.667. The van der Waals surface area contributed by atoms with Crippen molar-refractivity contribution in [2.75, 3.05) is 6.54 Å². The molecule has 2 N–H and O–H groups in total. The second-order valence-electron chi connectivity index (χ2n) is 6.48. The minimum absolute atomic E-state index is 0.0506. The van der Waals surface area contributed by atoms with Crippen molar-refractivity contribution in [3.63, 3.8) is 0 Å². The standard InChI is InChI=1S/C15H22N4O3S/c1-8(2)5-19-9(3)17-14(22-19)10-4-11(15(20)21)18-13(10)12-6-23-7-16-12/h6-8,10-11,13-14,18H,4-5H2,1-3H3,(H,20,21)/t10-,11?,13?,14-/m1/s1. The quantitative estimate of drug-likeness (QED) is 0.852. The van der Waals surface area contributed by atoms with E-state index in [1.54, 1.807) is 5.51 Å². The number of hydrogen-bond acceptors (Lipinski definition) is 7. The van der Waals surface area contributed by atoms with Gasteiger partial charge in [0.05, 0.1) is 17.2 Å². The number of aromatic nitrogens is 1. The molecule has 2 aliphatic heterocycles. The van der Waals surface area contributed by atoms with Crippen molar-refractivity contribution in [1.82, 2.24) is 15.4 Å². The van der Waals surface area contributed by atoms with Crippen LogP contribution in [0.15, 0.2) is 15.9 Å². The second-order valence-corrected chi connectivity index (χ2v) is 7.19. The number of nitrogens with zero attached hydrogens (tertiary/aromatic N) is 3. The third kappa shape index (κ3) is 3.39. The van der Waals surface area contributed by atoms with Gasteiger partial charge in [0, 0.05) is 17.8 Å². The van der Waals surface area contributed by atoms with E-state index in [4.69, 9.17) is 4.84 Å². The molecule has 2 aliphatic rings. The highest BCUT2D eigenvalue weighted by molar-refractivity contribution is 7.07. The van der Waals surface area contributed by atoms with Gasteiger partial charge in [0.25, 0.3) is 0 Å².